The highest BCUT2D eigenvalue weighted by Gasteiger charge is 2.21. The van der Waals surface area contributed by atoms with Gasteiger partial charge in [0.15, 0.2) is 0 Å². The van der Waals surface area contributed by atoms with Crippen LogP contribution in [0.4, 0.5) is 0 Å². The zero-order valence-corrected chi connectivity index (χ0v) is 13.3. The van der Waals surface area contributed by atoms with Gasteiger partial charge in [-0.05, 0) is 6.92 Å². The van der Waals surface area contributed by atoms with Crippen molar-refractivity contribution in [3.8, 4) is 0 Å². The van der Waals surface area contributed by atoms with Crippen LogP contribution in [0, 0.1) is 0 Å². The molecule has 2 aliphatic rings. The summed E-state index contributed by atoms with van der Waals surface area (Å²) in [6, 6.07) is 19.6. The predicted octanol–water partition coefficient (Wildman–Crippen LogP) is 0.310. The smallest absolute Gasteiger partial charge is 0.128 e. The van der Waals surface area contributed by atoms with Crippen molar-refractivity contribution in [2.45, 2.75) is 13.0 Å². The molecule has 3 N–H and O–H groups in total. The fraction of sp³-hybridized carbons (Fsp3) is 0.263. The maximum absolute atomic E-state index is 3.50. The number of hydrazine groups is 1. The van der Waals surface area contributed by atoms with Crippen LogP contribution in [0.3, 0.4) is 0 Å². The summed E-state index contributed by atoms with van der Waals surface area (Å²) in [5.41, 5.74) is 9.19. The van der Waals surface area contributed by atoms with Crippen molar-refractivity contribution in [3.63, 3.8) is 0 Å². The zero-order chi connectivity index (χ0) is 15.6. The molecule has 0 spiro atoms. The summed E-state index contributed by atoms with van der Waals surface area (Å²) in [6.07, 6.45) is 0. The largest absolute Gasteiger partial charge is 0.354 e. The molecule has 2 aromatic carbocycles. The molecule has 2 aromatic rings. The Morgan fingerprint density at radius 1 is 0.913 bits per heavy atom. The normalized spacial score (nSPS) is 20.6. The number of nitrogens with zero attached hydrogens (tertiary/aromatic N) is 1. The Morgan fingerprint density at radius 2 is 1.65 bits per heavy atom. The number of hydrogen-bond acceptors (Lipinski definition) is 4. The molecule has 0 radical (unpaired) electrons. The second-order valence-electron chi connectivity index (χ2n) is 6.19. The minimum absolute atomic E-state index is 0.504. The van der Waals surface area contributed by atoms with Gasteiger partial charge in [0.05, 0.1) is 5.70 Å². The van der Waals surface area contributed by atoms with Crippen LogP contribution in [0.25, 0.3) is 11.5 Å². The van der Waals surface area contributed by atoms with E-state index in [0.29, 0.717) is 6.04 Å². The molecule has 2 aliphatic heterocycles. The number of rotatable bonds is 2. The molecule has 0 aliphatic carbocycles. The Kier molecular flexibility index (Phi) is 3.67. The zero-order valence-electron chi connectivity index (χ0n) is 13.3. The molecule has 23 heavy (non-hydrogen) atoms. The molecule has 0 bridgehead atoms. The topological polar surface area (TPSA) is 39.3 Å². The lowest BCUT2D eigenvalue weighted by Gasteiger charge is -2.37. The van der Waals surface area contributed by atoms with Crippen molar-refractivity contribution in [2.24, 2.45) is 0 Å². The summed E-state index contributed by atoms with van der Waals surface area (Å²) < 4.78 is 0. The molecule has 4 rings (SSSR count). The van der Waals surface area contributed by atoms with E-state index in [2.05, 4.69) is 76.5 Å². The summed E-state index contributed by atoms with van der Waals surface area (Å²) in [7, 11) is 0. The first-order valence-corrected chi connectivity index (χ1v) is 8.22. The lowest BCUT2D eigenvalue weighted by Crippen LogP contribution is -2.57. The number of piperazine rings is 1. The maximum Gasteiger partial charge on any atom is 0.128 e. The van der Waals surface area contributed by atoms with Gasteiger partial charge < -0.3 is 10.2 Å². The molecule has 1 saturated heterocycles. The molecule has 0 unspecified atom stereocenters. The van der Waals surface area contributed by atoms with Gasteiger partial charge in [-0.1, -0.05) is 54.6 Å². The first-order valence-electron chi connectivity index (χ1n) is 8.22. The number of fused-ring (bicyclic) bond motifs is 1. The number of hydrogen-bond donors (Lipinski definition) is 3. The van der Waals surface area contributed by atoms with Gasteiger partial charge in [0.25, 0.3) is 0 Å². The minimum atomic E-state index is 0.504. The van der Waals surface area contributed by atoms with E-state index in [9.17, 15) is 0 Å². The minimum Gasteiger partial charge on any atom is -0.354 e. The third kappa shape index (κ3) is 2.66. The van der Waals surface area contributed by atoms with E-state index < -0.39 is 0 Å². The van der Waals surface area contributed by atoms with Gasteiger partial charge >= 0.3 is 0 Å². The van der Waals surface area contributed by atoms with Crippen LogP contribution in [-0.2, 0) is 0 Å². The van der Waals surface area contributed by atoms with Crippen molar-refractivity contribution in [1.29, 1.82) is 0 Å². The van der Waals surface area contributed by atoms with Gasteiger partial charge in [-0.25, -0.2) is 0 Å². The molecule has 4 heteroatoms. The van der Waals surface area contributed by atoms with Gasteiger partial charge in [0, 0.05) is 41.7 Å². The molecule has 118 valence electrons. The molecule has 2 heterocycles. The van der Waals surface area contributed by atoms with Gasteiger partial charge in [-0.3, -0.25) is 10.9 Å². The van der Waals surface area contributed by atoms with Crippen LogP contribution < -0.4 is 26.6 Å². The summed E-state index contributed by atoms with van der Waals surface area (Å²) >= 11 is 0. The van der Waals surface area contributed by atoms with Crippen LogP contribution in [0.15, 0.2) is 54.6 Å². The summed E-state index contributed by atoms with van der Waals surface area (Å²) in [5.74, 6) is 1.17. The van der Waals surface area contributed by atoms with E-state index in [1.165, 1.54) is 21.8 Å². The predicted molar refractivity (Wildman–Crippen MR) is 93.4 cm³/mol. The second kappa shape index (κ2) is 5.97. The van der Waals surface area contributed by atoms with Gasteiger partial charge in [0.2, 0.25) is 0 Å². The average molecular weight is 306 g/mol. The molecular weight excluding hydrogens is 284 g/mol. The Morgan fingerprint density at radius 3 is 2.43 bits per heavy atom. The molecule has 1 fully saturated rings. The van der Waals surface area contributed by atoms with E-state index >= 15 is 0 Å². The van der Waals surface area contributed by atoms with Crippen molar-refractivity contribution >= 4 is 11.5 Å². The molecule has 0 saturated carbocycles. The standard InChI is InChI=1S/C19H22N4/c1-14-13-23(12-11-20-14)19-17-10-6-5-9-16(17)18(21-22-19)15-7-3-2-4-8-15/h2-10,14,20-22H,11-13H2,1H3/t14-/m0/s1. The second-order valence-corrected chi connectivity index (χ2v) is 6.19. The van der Waals surface area contributed by atoms with Crippen molar-refractivity contribution in [1.82, 2.24) is 21.1 Å². The van der Waals surface area contributed by atoms with Gasteiger partial charge in [0.1, 0.15) is 5.82 Å². The molecular formula is C19H22N4. The fourth-order valence-corrected chi connectivity index (χ4v) is 3.38. The van der Waals surface area contributed by atoms with Gasteiger partial charge in [-0.2, -0.15) is 0 Å². The van der Waals surface area contributed by atoms with Crippen LogP contribution in [0.2, 0.25) is 0 Å². The van der Waals surface area contributed by atoms with E-state index in [-0.39, 0.29) is 0 Å². The number of benzene rings is 2. The molecule has 4 nitrogen and oxygen atoms in total. The van der Waals surface area contributed by atoms with Crippen LogP contribution in [0.1, 0.15) is 12.5 Å². The maximum atomic E-state index is 3.50. The highest BCUT2D eigenvalue weighted by Crippen LogP contribution is 2.11. The highest BCUT2D eigenvalue weighted by molar-refractivity contribution is 5.67. The Bertz CT molecular complexity index is 813. The van der Waals surface area contributed by atoms with Gasteiger partial charge in [-0.15, -0.1) is 0 Å². The quantitative estimate of drug-likeness (QED) is 0.747. The molecule has 0 aromatic heterocycles. The van der Waals surface area contributed by atoms with E-state index in [1.807, 2.05) is 6.07 Å². The fourth-order valence-electron chi connectivity index (χ4n) is 3.38. The van der Waals surface area contributed by atoms with Crippen LogP contribution in [-0.4, -0.2) is 30.6 Å². The number of nitrogens with one attached hydrogen (secondary N) is 3. The van der Waals surface area contributed by atoms with Crippen LogP contribution in [0.5, 0.6) is 0 Å². The SMILES string of the molecule is C[C@H]1CN(C2=c3ccccc3=C(c3ccccc3)NN2)CCN1. The lowest BCUT2D eigenvalue weighted by molar-refractivity contribution is 0.274. The van der Waals surface area contributed by atoms with E-state index in [1.54, 1.807) is 0 Å². The van der Waals surface area contributed by atoms with E-state index in [4.69, 9.17) is 0 Å². The lowest BCUT2D eigenvalue weighted by atomic mass is 10.1. The van der Waals surface area contributed by atoms with Crippen molar-refractivity contribution in [3.05, 3.63) is 70.6 Å². The third-order valence-electron chi connectivity index (χ3n) is 4.50. The summed E-state index contributed by atoms with van der Waals surface area (Å²) in [5, 5.41) is 6.01. The molecule has 0 amide bonds. The average Bonchev–Trinajstić information content (AvgIpc) is 2.61. The first-order chi connectivity index (χ1) is 11.3. The Labute approximate surface area is 136 Å². The molecule has 1 atom stereocenters. The van der Waals surface area contributed by atoms with Crippen LogP contribution >= 0.6 is 0 Å². The highest BCUT2D eigenvalue weighted by atomic mass is 15.5. The van der Waals surface area contributed by atoms with Crippen molar-refractivity contribution in [2.75, 3.05) is 19.6 Å². The summed E-state index contributed by atoms with van der Waals surface area (Å²) in [4.78, 5) is 2.43. The monoisotopic (exact) mass is 306 g/mol. The summed E-state index contributed by atoms with van der Waals surface area (Å²) in [6.45, 7) is 5.28. The Balaban J connectivity index is 1.89. The first kappa shape index (κ1) is 14.2. The third-order valence-corrected chi connectivity index (χ3v) is 4.50. The van der Waals surface area contributed by atoms with E-state index in [0.717, 1.165) is 25.3 Å². The van der Waals surface area contributed by atoms with Crippen molar-refractivity contribution < 1.29 is 0 Å². The Hall–Kier alpha value is -2.46.